The number of aromatic nitrogens is 2. The number of hydrogen-bond donors (Lipinski definition) is 3. The topological polar surface area (TPSA) is 86.9 Å². The standard InChI is InChI=1S/C12H18N4O2S2/c1-2-3-13-5-10-4-12(7-14-10)20(17,18)16-6-11-8-19-9-15-11/h4,7-9,13-14,16H,2-3,5-6H2,1H3. The van der Waals surface area contributed by atoms with Crippen LogP contribution in [0.3, 0.4) is 0 Å². The summed E-state index contributed by atoms with van der Waals surface area (Å²) in [7, 11) is -3.49. The van der Waals surface area contributed by atoms with E-state index in [1.165, 1.54) is 17.5 Å². The van der Waals surface area contributed by atoms with Gasteiger partial charge in [-0.2, -0.15) is 0 Å². The molecule has 3 N–H and O–H groups in total. The van der Waals surface area contributed by atoms with Crippen LogP contribution in [0.1, 0.15) is 24.7 Å². The zero-order valence-corrected chi connectivity index (χ0v) is 12.9. The molecule has 0 radical (unpaired) electrons. The van der Waals surface area contributed by atoms with Crippen molar-refractivity contribution >= 4 is 21.4 Å². The monoisotopic (exact) mass is 314 g/mol. The zero-order valence-electron chi connectivity index (χ0n) is 11.2. The number of nitrogens with one attached hydrogen (secondary N) is 3. The first-order chi connectivity index (χ1) is 9.62. The summed E-state index contributed by atoms with van der Waals surface area (Å²) in [5, 5.41) is 5.03. The quantitative estimate of drug-likeness (QED) is 0.644. The largest absolute Gasteiger partial charge is 0.363 e. The number of hydrogen-bond acceptors (Lipinski definition) is 5. The van der Waals surface area contributed by atoms with Gasteiger partial charge in [0.25, 0.3) is 0 Å². The summed E-state index contributed by atoms with van der Waals surface area (Å²) in [4.78, 5) is 7.26. The first-order valence-electron chi connectivity index (χ1n) is 6.36. The lowest BCUT2D eigenvalue weighted by atomic mass is 10.4. The van der Waals surface area contributed by atoms with Gasteiger partial charge in [-0.3, -0.25) is 0 Å². The molecule has 0 spiro atoms. The molecule has 0 aromatic carbocycles. The van der Waals surface area contributed by atoms with Crippen molar-refractivity contribution in [2.45, 2.75) is 31.3 Å². The van der Waals surface area contributed by atoms with Crippen molar-refractivity contribution in [3.8, 4) is 0 Å². The fraction of sp³-hybridized carbons (Fsp3) is 0.417. The fourth-order valence-electron chi connectivity index (χ4n) is 1.65. The average Bonchev–Trinajstić information content (AvgIpc) is 3.08. The van der Waals surface area contributed by atoms with Gasteiger partial charge in [0.15, 0.2) is 0 Å². The van der Waals surface area contributed by atoms with Crippen molar-refractivity contribution in [1.29, 1.82) is 0 Å². The van der Waals surface area contributed by atoms with E-state index in [2.05, 4.69) is 26.9 Å². The van der Waals surface area contributed by atoms with Crippen LogP contribution < -0.4 is 10.0 Å². The van der Waals surface area contributed by atoms with E-state index in [9.17, 15) is 8.42 Å². The number of nitrogens with zero attached hydrogens (tertiary/aromatic N) is 1. The Labute approximate surface area is 122 Å². The van der Waals surface area contributed by atoms with Crippen LogP contribution in [0.2, 0.25) is 0 Å². The van der Waals surface area contributed by atoms with Crippen LogP contribution in [0.5, 0.6) is 0 Å². The van der Waals surface area contributed by atoms with Gasteiger partial charge in [-0.15, -0.1) is 11.3 Å². The molecule has 110 valence electrons. The summed E-state index contributed by atoms with van der Waals surface area (Å²) in [5.74, 6) is 0. The van der Waals surface area contributed by atoms with E-state index in [4.69, 9.17) is 0 Å². The second-order valence-corrected chi connectivity index (χ2v) is 6.83. The Morgan fingerprint density at radius 2 is 2.25 bits per heavy atom. The van der Waals surface area contributed by atoms with Gasteiger partial charge < -0.3 is 10.3 Å². The Kier molecular flexibility index (Phi) is 5.30. The summed E-state index contributed by atoms with van der Waals surface area (Å²) < 4.78 is 26.7. The Morgan fingerprint density at radius 3 is 2.95 bits per heavy atom. The van der Waals surface area contributed by atoms with Gasteiger partial charge in [0, 0.05) is 23.8 Å². The Bertz CT molecular complexity index is 620. The number of aromatic amines is 1. The van der Waals surface area contributed by atoms with Crippen LogP contribution in [-0.4, -0.2) is 24.9 Å². The van der Waals surface area contributed by atoms with Crippen molar-refractivity contribution in [2.24, 2.45) is 0 Å². The van der Waals surface area contributed by atoms with E-state index in [1.54, 1.807) is 11.6 Å². The molecule has 2 aromatic rings. The summed E-state index contributed by atoms with van der Waals surface area (Å²) in [5.41, 5.74) is 3.25. The van der Waals surface area contributed by atoms with Crippen molar-refractivity contribution in [2.75, 3.05) is 6.54 Å². The lowest BCUT2D eigenvalue weighted by Gasteiger charge is -2.02. The lowest BCUT2D eigenvalue weighted by Crippen LogP contribution is -2.23. The normalized spacial score (nSPS) is 11.8. The Morgan fingerprint density at radius 1 is 1.40 bits per heavy atom. The second kappa shape index (κ2) is 6.98. The van der Waals surface area contributed by atoms with Gasteiger partial charge >= 0.3 is 0 Å². The first-order valence-corrected chi connectivity index (χ1v) is 8.79. The zero-order chi connectivity index (χ0) is 14.4. The van der Waals surface area contributed by atoms with Crippen molar-refractivity contribution < 1.29 is 8.42 Å². The van der Waals surface area contributed by atoms with E-state index in [1.807, 2.05) is 5.38 Å². The second-order valence-electron chi connectivity index (χ2n) is 4.34. The summed E-state index contributed by atoms with van der Waals surface area (Å²) in [6.07, 6.45) is 2.55. The van der Waals surface area contributed by atoms with Gasteiger partial charge in [-0.05, 0) is 19.0 Å². The molecular formula is C12H18N4O2S2. The molecule has 0 bridgehead atoms. The molecular weight excluding hydrogens is 296 g/mol. The average molecular weight is 314 g/mol. The molecule has 2 heterocycles. The summed E-state index contributed by atoms with van der Waals surface area (Å²) >= 11 is 1.44. The van der Waals surface area contributed by atoms with Crippen molar-refractivity contribution in [3.63, 3.8) is 0 Å². The van der Waals surface area contributed by atoms with Crippen LogP contribution in [-0.2, 0) is 23.1 Å². The van der Waals surface area contributed by atoms with Crippen LogP contribution in [0.25, 0.3) is 0 Å². The number of sulfonamides is 1. The molecule has 0 aliphatic rings. The molecule has 6 nitrogen and oxygen atoms in total. The minimum absolute atomic E-state index is 0.209. The van der Waals surface area contributed by atoms with Crippen LogP contribution >= 0.6 is 11.3 Å². The molecule has 0 aliphatic heterocycles. The predicted octanol–water partition coefficient (Wildman–Crippen LogP) is 1.45. The highest BCUT2D eigenvalue weighted by Crippen LogP contribution is 2.11. The minimum Gasteiger partial charge on any atom is -0.363 e. The maximum Gasteiger partial charge on any atom is 0.242 e. The molecule has 0 aliphatic carbocycles. The van der Waals surface area contributed by atoms with Gasteiger partial charge in [0.2, 0.25) is 10.0 Å². The predicted molar refractivity (Wildman–Crippen MR) is 78.9 cm³/mol. The van der Waals surface area contributed by atoms with Crippen LogP contribution in [0.4, 0.5) is 0 Å². The third kappa shape index (κ3) is 4.14. The molecule has 8 heteroatoms. The van der Waals surface area contributed by atoms with E-state index < -0.39 is 10.0 Å². The van der Waals surface area contributed by atoms with Gasteiger partial charge in [-0.1, -0.05) is 6.92 Å². The van der Waals surface area contributed by atoms with Crippen LogP contribution in [0, 0.1) is 0 Å². The molecule has 2 aromatic heterocycles. The van der Waals surface area contributed by atoms with Crippen molar-refractivity contribution in [3.05, 3.63) is 34.5 Å². The van der Waals surface area contributed by atoms with Gasteiger partial charge in [0.1, 0.15) is 0 Å². The van der Waals surface area contributed by atoms with Crippen molar-refractivity contribution in [1.82, 2.24) is 20.0 Å². The number of thiazole rings is 1. The minimum atomic E-state index is -3.49. The molecule has 0 unspecified atom stereocenters. The molecule has 0 saturated heterocycles. The molecule has 2 rings (SSSR count). The summed E-state index contributed by atoms with van der Waals surface area (Å²) in [6, 6.07) is 1.64. The van der Waals surface area contributed by atoms with E-state index >= 15 is 0 Å². The number of rotatable bonds is 8. The van der Waals surface area contributed by atoms with E-state index in [0.29, 0.717) is 6.54 Å². The molecule has 0 fully saturated rings. The molecule has 20 heavy (non-hydrogen) atoms. The van der Waals surface area contributed by atoms with Gasteiger partial charge in [0.05, 0.1) is 22.6 Å². The maximum absolute atomic E-state index is 12.1. The molecule has 0 atom stereocenters. The SMILES string of the molecule is CCCNCc1cc(S(=O)(=O)NCc2cscn2)c[nH]1. The van der Waals surface area contributed by atoms with E-state index in [0.717, 1.165) is 24.4 Å². The lowest BCUT2D eigenvalue weighted by molar-refractivity contribution is 0.580. The highest BCUT2D eigenvalue weighted by atomic mass is 32.2. The Balaban J connectivity index is 1.95. The highest BCUT2D eigenvalue weighted by molar-refractivity contribution is 7.89. The third-order valence-electron chi connectivity index (χ3n) is 2.70. The summed E-state index contributed by atoms with van der Waals surface area (Å²) in [6.45, 7) is 3.83. The first kappa shape index (κ1) is 15.2. The molecule has 0 amide bonds. The van der Waals surface area contributed by atoms with Gasteiger partial charge in [-0.25, -0.2) is 18.1 Å². The van der Waals surface area contributed by atoms with Crippen LogP contribution in [0.15, 0.2) is 28.0 Å². The fourth-order valence-corrected chi connectivity index (χ4v) is 3.23. The van der Waals surface area contributed by atoms with E-state index in [-0.39, 0.29) is 11.4 Å². The maximum atomic E-state index is 12.1. The smallest absolute Gasteiger partial charge is 0.242 e. The third-order valence-corrected chi connectivity index (χ3v) is 4.71. The highest BCUT2D eigenvalue weighted by Gasteiger charge is 2.15. The number of H-pyrrole nitrogens is 1. The molecule has 0 saturated carbocycles. The Hall–Kier alpha value is -1.22.